The van der Waals surface area contributed by atoms with Crippen molar-refractivity contribution in [3.63, 3.8) is 0 Å². The summed E-state index contributed by atoms with van der Waals surface area (Å²) < 4.78 is 5.38. The molecule has 11 heteroatoms. The maximum atomic E-state index is 12.5. The topological polar surface area (TPSA) is 145 Å². The molecular weight excluding hydrogens is 444 g/mol. The summed E-state index contributed by atoms with van der Waals surface area (Å²) in [5, 5.41) is 24.7. The zero-order valence-corrected chi connectivity index (χ0v) is 19.2. The molecule has 0 atom stereocenters. The standard InChI is InChI=1S/C23H26N4O7/c1-23(2,3)34-21(28)14-25-7-6-16-8-15(4-5-17(16)13-25)12-24-22(29)18-9-19(26(30)31)11-20(10-18)27(32)33/h4-5,8-11H,6-7,12-14H2,1-3H3,(H,24,29). The number of hydrogen-bond donors (Lipinski definition) is 1. The highest BCUT2D eigenvalue weighted by Gasteiger charge is 2.23. The van der Waals surface area contributed by atoms with Crippen molar-refractivity contribution in [2.45, 2.75) is 45.9 Å². The first-order chi connectivity index (χ1) is 15.9. The highest BCUT2D eigenvalue weighted by atomic mass is 16.6. The van der Waals surface area contributed by atoms with Crippen molar-refractivity contribution in [2.75, 3.05) is 13.1 Å². The Balaban J connectivity index is 1.63. The van der Waals surface area contributed by atoms with Gasteiger partial charge in [-0.3, -0.25) is 34.7 Å². The zero-order chi connectivity index (χ0) is 25.0. The second-order valence-electron chi connectivity index (χ2n) is 9.09. The van der Waals surface area contributed by atoms with Crippen LogP contribution in [0.25, 0.3) is 0 Å². The minimum atomic E-state index is -0.778. The van der Waals surface area contributed by atoms with Crippen LogP contribution in [0.3, 0.4) is 0 Å². The summed E-state index contributed by atoms with van der Waals surface area (Å²) in [6, 6.07) is 8.59. The first-order valence-corrected chi connectivity index (χ1v) is 10.7. The third-order valence-electron chi connectivity index (χ3n) is 5.17. The summed E-state index contributed by atoms with van der Waals surface area (Å²) in [4.78, 5) is 47.1. The first-order valence-electron chi connectivity index (χ1n) is 10.7. The van der Waals surface area contributed by atoms with Gasteiger partial charge < -0.3 is 10.1 Å². The van der Waals surface area contributed by atoms with Crippen molar-refractivity contribution >= 4 is 23.3 Å². The maximum Gasteiger partial charge on any atom is 0.320 e. The van der Waals surface area contributed by atoms with E-state index in [9.17, 15) is 29.8 Å². The molecule has 0 aromatic heterocycles. The Morgan fingerprint density at radius 2 is 1.68 bits per heavy atom. The summed E-state index contributed by atoms with van der Waals surface area (Å²) in [5.41, 5.74) is 1.29. The van der Waals surface area contributed by atoms with Crippen LogP contribution in [0.1, 0.15) is 47.8 Å². The lowest BCUT2D eigenvalue weighted by molar-refractivity contribution is -0.394. The largest absolute Gasteiger partial charge is 0.459 e. The van der Waals surface area contributed by atoms with Gasteiger partial charge in [0.15, 0.2) is 0 Å². The fraction of sp³-hybridized carbons (Fsp3) is 0.391. The van der Waals surface area contributed by atoms with Crippen LogP contribution >= 0.6 is 0 Å². The lowest BCUT2D eigenvalue weighted by atomic mass is 9.97. The van der Waals surface area contributed by atoms with Gasteiger partial charge in [-0.25, -0.2) is 0 Å². The molecule has 1 heterocycles. The van der Waals surface area contributed by atoms with Gasteiger partial charge in [0, 0.05) is 31.8 Å². The average molecular weight is 470 g/mol. The van der Waals surface area contributed by atoms with E-state index in [0.717, 1.165) is 41.3 Å². The highest BCUT2D eigenvalue weighted by Crippen LogP contribution is 2.23. The number of rotatable bonds is 7. The van der Waals surface area contributed by atoms with Gasteiger partial charge in [0.05, 0.1) is 28.0 Å². The Morgan fingerprint density at radius 1 is 1.03 bits per heavy atom. The Labute approximate surface area is 196 Å². The van der Waals surface area contributed by atoms with Crippen molar-refractivity contribution in [3.05, 3.63) is 78.9 Å². The number of hydrogen-bond acceptors (Lipinski definition) is 8. The normalized spacial score (nSPS) is 13.6. The van der Waals surface area contributed by atoms with E-state index in [2.05, 4.69) is 5.32 Å². The molecule has 0 bridgehead atoms. The van der Waals surface area contributed by atoms with Gasteiger partial charge in [-0.1, -0.05) is 18.2 Å². The van der Waals surface area contributed by atoms with Gasteiger partial charge in [0.2, 0.25) is 0 Å². The molecule has 1 amide bonds. The van der Waals surface area contributed by atoms with Crippen LogP contribution in [0.4, 0.5) is 11.4 Å². The van der Waals surface area contributed by atoms with Crippen molar-refractivity contribution in [1.82, 2.24) is 10.2 Å². The number of carbonyl (C=O) groups is 2. The number of ether oxygens (including phenoxy) is 1. The molecule has 11 nitrogen and oxygen atoms in total. The van der Waals surface area contributed by atoms with Crippen LogP contribution < -0.4 is 5.32 Å². The van der Waals surface area contributed by atoms with Crippen LogP contribution in [0.5, 0.6) is 0 Å². The molecule has 0 saturated carbocycles. The molecule has 0 unspecified atom stereocenters. The van der Waals surface area contributed by atoms with Gasteiger partial charge >= 0.3 is 5.97 Å². The number of nitro benzene ring substituents is 2. The van der Waals surface area contributed by atoms with E-state index in [1.54, 1.807) is 0 Å². The molecule has 2 aromatic rings. The summed E-state index contributed by atoms with van der Waals surface area (Å²) in [5.74, 6) is -0.912. The van der Waals surface area contributed by atoms with Crippen LogP contribution in [0.15, 0.2) is 36.4 Å². The van der Waals surface area contributed by atoms with Crippen molar-refractivity contribution in [3.8, 4) is 0 Å². The summed E-state index contributed by atoms with van der Waals surface area (Å²) in [7, 11) is 0. The number of nitrogens with one attached hydrogen (secondary N) is 1. The number of nitro groups is 2. The van der Waals surface area contributed by atoms with Crippen molar-refractivity contribution in [1.29, 1.82) is 0 Å². The number of fused-ring (bicyclic) bond motifs is 1. The van der Waals surface area contributed by atoms with E-state index in [1.807, 2.05) is 43.9 Å². The Kier molecular flexibility index (Phi) is 7.26. The van der Waals surface area contributed by atoms with Crippen molar-refractivity contribution < 1.29 is 24.2 Å². The summed E-state index contributed by atoms with van der Waals surface area (Å²) in [6.07, 6.45) is 0.733. The van der Waals surface area contributed by atoms with Gasteiger partial charge in [0.25, 0.3) is 17.3 Å². The van der Waals surface area contributed by atoms with E-state index in [-0.39, 0.29) is 24.6 Å². The molecule has 34 heavy (non-hydrogen) atoms. The molecule has 0 radical (unpaired) electrons. The number of esters is 1. The SMILES string of the molecule is CC(C)(C)OC(=O)CN1CCc2cc(CNC(=O)c3cc([N+](=O)[O-])cc([N+](=O)[O-])c3)ccc2C1. The molecule has 0 aliphatic carbocycles. The Bertz CT molecular complexity index is 1110. The summed E-state index contributed by atoms with van der Waals surface area (Å²) >= 11 is 0. The molecule has 180 valence electrons. The third kappa shape index (κ3) is 6.58. The molecule has 0 saturated heterocycles. The number of carbonyl (C=O) groups excluding carboxylic acids is 2. The van der Waals surface area contributed by atoms with Crippen LogP contribution in [-0.2, 0) is 29.0 Å². The smallest absolute Gasteiger partial charge is 0.320 e. The van der Waals surface area contributed by atoms with E-state index in [1.165, 1.54) is 0 Å². The Morgan fingerprint density at radius 3 is 2.26 bits per heavy atom. The molecule has 0 spiro atoms. The molecule has 2 aromatic carbocycles. The van der Waals surface area contributed by atoms with Gasteiger partial charge in [-0.05, 0) is 43.9 Å². The number of non-ortho nitro benzene ring substituents is 2. The first kappa shape index (κ1) is 24.8. The minimum Gasteiger partial charge on any atom is -0.459 e. The molecule has 3 rings (SSSR count). The van der Waals surface area contributed by atoms with E-state index in [0.29, 0.717) is 13.1 Å². The predicted molar refractivity (Wildman–Crippen MR) is 122 cm³/mol. The lowest BCUT2D eigenvalue weighted by Gasteiger charge is -2.29. The quantitative estimate of drug-likeness (QED) is 0.369. The van der Waals surface area contributed by atoms with Crippen LogP contribution in [0, 0.1) is 20.2 Å². The van der Waals surface area contributed by atoms with Gasteiger partial charge in [0.1, 0.15) is 5.60 Å². The second-order valence-corrected chi connectivity index (χ2v) is 9.09. The lowest BCUT2D eigenvalue weighted by Crippen LogP contribution is -2.38. The number of benzene rings is 2. The highest BCUT2D eigenvalue weighted by molar-refractivity contribution is 5.95. The van der Waals surface area contributed by atoms with Crippen molar-refractivity contribution in [2.24, 2.45) is 0 Å². The zero-order valence-electron chi connectivity index (χ0n) is 19.2. The second kappa shape index (κ2) is 9.96. The van der Waals surface area contributed by atoms with E-state index in [4.69, 9.17) is 4.74 Å². The third-order valence-corrected chi connectivity index (χ3v) is 5.17. The molecular formula is C23H26N4O7. The van der Waals surface area contributed by atoms with E-state index < -0.39 is 32.7 Å². The van der Waals surface area contributed by atoms with E-state index >= 15 is 0 Å². The predicted octanol–water partition coefficient (Wildman–Crippen LogP) is 3.13. The number of nitrogens with zero attached hydrogens (tertiary/aromatic N) is 3. The maximum absolute atomic E-state index is 12.5. The van der Waals surface area contributed by atoms with Gasteiger partial charge in [-0.15, -0.1) is 0 Å². The molecule has 1 aliphatic heterocycles. The summed E-state index contributed by atoms with van der Waals surface area (Å²) in [6.45, 7) is 7.16. The molecule has 0 fully saturated rings. The Hall–Kier alpha value is -3.86. The number of amides is 1. The molecule has 1 N–H and O–H groups in total. The average Bonchev–Trinajstić information content (AvgIpc) is 2.75. The monoisotopic (exact) mass is 470 g/mol. The van der Waals surface area contributed by atoms with Gasteiger partial charge in [-0.2, -0.15) is 0 Å². The fourth-order valence-electron chi connectivity index (χ4n) is 3.69. The fourth-order valence-corrected chi connectivity index (χ4v) is 3.69. The van der Waals surface area contributed by atoms with Crippen LogP contribution in [0.2, 0.25) is 0 Å². The molecule has 1 aliphatic rings. The van der Waals surface area contributed by atoms with Crippen LogP contribution in [-0.4, -0.2) is 45.3 Å². The minimum absolute atomic E-state index is 0.156.